The summed E-state index contributed by atoms with van der Waals surface area (Å²) in [6.07, 6.45) is 3.05. The number of benzene rings is 2. The van der Waals surface area contributed by atoms with Gasteiger partial charge in [0.25, 0.3) is 0 Å². The first-order valence-corrected chi connectivity index (χ1v) is 12.6. The summed E-state index contributed by atoms with van der Waals surface area (Å²) in [5.41, 5.74) is 3.19. The molecule has 0 saturated carbocycles. The molecule has 0 spiro atoms. The number of fused-ring (bicyclic) bond motifs is 3. The molecular formula is C29H32N6. The summed E-state index contributed by atoms with van der Waals surface area (Å²) in [6.45, 7) is 8.89. The molecule has 6 heteroatoms. The van der Waals surface area contributed by atoms with Crippen LogP contribution >= 0.6 is 0 Å². The monoisotopic (exact) mass is 464 g/mol. The Morgan fingerprint density at radius 2 is 1.69 bits per heavy atom. The van der Waals surface area contributed by atoms with Crippen LogP contribution in [0.4, 0.5) is 11.6 Å². The Balaban J connectivity index is 1.34. The molecule has 4 aromatic rings. The Labute approximate surface area is 207 Å². The molecule has 178 valence electrons. The molecular weight excluding hydrogens is 432 g/mol. The number of likely N-dealkylation sites (tertiary alicyclic amines) is 1. The number of hydrogen-bond donors (Lipinski definition) is 1. The maximum Gasteiger partial charge on any atom is 0.162 e. The van der Waals surface area contributed by atoms with Crippen molar-refractivity contribution in [2.24, 2.45) is 0 Å². The number of nitrogens with one attached hydrogen (secondary N) is 1. The number of anilines is 2. The SMILES string of the molecule is CC(C)N1C[C@@H]2C[C@H]1CN2c1nc(-c2ccnc(N[C@@H](C)c3ccccc3)c2)nc2ccccc12. The topological polar surface area (TPSA) is 57.2 Å². The highest BCUT2D eigenvalue weighted by Crippen LogP contribution is 2.38. The van der Waals surface area contributed by atoms with Crippen LogP contribution in [0.5, 0.6) is 0 Å². The van der Waals surface area contributed by atoms with Gasteiger partial charge in [-0.25, -0.2) is 15.0 Å². The van der Waals surface area contributed by atoms with Crippen LogP contribution in [-0.2, 0) is 0 Å². The highest BCUT2D eigenvalue weighted by molar-refractivity contribution is 5.91. The van der Waals surface area contributed by atoms with Crippen molar-refractivity contribution in [1.82, 2.24) is 19.9 Å². The second-order valence-electron chi connectivity index (χ2n) is 10.1. The standard InChI is InChI=1S/C29H32N6/c1-19(2)34-17-24-16-23(34)18-35(24)29-25-11-7-8-12-26(25)32-28(33-29)22-13-14-30-27(15-22)31-20(3)21-9-5-4-6-10-21/h4-15,19-20,23-24H,16-18H2,1-3H3,(H,30,31)/t20-,23-,24-/m0/s1. The average Bonchev–Trinajstić information content (AvgIpc) is 3.50. The van der Waals surface area contributed by atoms with Crippen LogP contribution in [0.25, 0.3) is 22.3 Å². The van der Waals surface area contributed by atoms with Gasteiger partial charge in [-0.15, -0.1) is 0 Å². The number of hydrogen-bond acceptors (Lipinski definition) is 6. The van der Waals surface area contributed by atoms with Crippen molar-refractivity contribution in [3.8, 4) is 11.4 Å². The quantitative estimate of drug-likeness (QED) is 0.405. The molecule has 2 saturated heterocycles. The second-order valence-corrected chi connectivity index (χ2v) is 10.1. The number of para-hydroxylation sites is 1. The lowest BCUT2D eigenvalue weighted by Gasteiger charge is -2.37. The van der Waals surface area contributed by atoms with Gasteiger partial charge in [-0.2, -0.15) is 0 Å². The summed E-state index contributed by atoms with van der Waals surface area (Å²) in [5.74, 6) is 2.63. The molecule has 4 heterocycles. The van der Waals surface area contributed by atoms with Crippen molar-refractivity contribution >= 4 is 22.5 Å². The maximum atomic E-state index is 5.16. The molecule has 2 aliphatic heterocycles. The fourth-order valence-electron chi connectivity index (χ4n) is 5.69. The fourth-order valence-corrected chi connectivity index (χ4v) is 5.69. The summed E-state index contributed by atoms with van der Waals surface area (Å²) < 4.78 is 0. The first kappa shape index (κ1) is 22.0. The van der Waals surface area contributed by atoms with Crippen molar-refractivity contribution in [1.29, 1.82) is 0 Å². The van der Waals surface area contributed by atoms with Crippen LogP contribution in [-0.4, -0.2) is 51.1 Å². The first-order valence-electron chi connectivity index (χ1n) is 12.6. The van der Waals surface area contributed by atoms with Crippen molar-refractivity contribution in [2.75, 3.05) is 23.3 Å². The summed E-state index contributed by atoms with van der Waals surface area (Å²) in [4.78, 5) is 19.8. The maximum absolute atomic E-state index is 5.16. The van der Waals surface area contributed by atoms with Crippen LogP contribution in [0.1, 0.15) is 38.8 Å². The number of nitrogens with zero attached hydrogens (tertiary/aromatic N) is 5. The molecule has 6 rings (SSSR count). The molecule has 0 aliphatic carbocycles. The molecule has 0 amide bonds. The van der Waals surface area contributed by atoms with E-state index in [4.69, 9.17) is 9.97 Å². The van der Waals surface area contributed by atoms with Crippen LogP contribution in [0.3, 0.4) is 0 Å². The van der Waals surface area contributed by atoms with Crippen molar-refractivity contribution < 1.29 is 0 Å². The molecule has 35 heavy (non-hydrogen) atoms. The Hall–Kier alpha value is -3.51. The van der Waals surface area contributed by atoms with Crippen molar-refractivity contribution in [3.05, 3.63) is 78.5 Å². The number of rotatable bonds is 6. The highest BCUT2D eigenvalue weighted by Gasteiger charge is 2.45. The summed E-state index contributed by atoms with van der Waals surface area (Å²) in [5, 5.41) is 4.66. The minimum absolute atomic E-state index is 0.149. The largest absolute Gasteiger partial charge is 0.364 e. The molecule has 2 aliphatic rings. The third-order valence-electron chi connectivity index (χ3n) is 7.48. The third-order valence-corrected chi connectivity index (χ3v) is 7.48. The summed E-state index contributed by atoms with van der Waals surface area (Å²) >= 11 is 0. The Morgan fingerprint density at radius 1 is 0.886 bits per heavy atom. The molecule has 2 aromatic heterocycles. The molecule has 3 atom stereocenters. The van der Waals surface area contributed by atoms with E-state index in [1.807, 2.05) is 18.3 Å². The molecule has 2 aromatic carbocycles. The predicted molar refractivity (Wildman–Crippen MR) is 143 cm³/mol. The number of pyridine rings is 1. The average molecular weight is 465 g/mol. The lowest BCUT2D eigenvalue weighted by Crippen LogP contribution is -2.49. The second kappa shape index (κ2) is 8.93. The van der Waals surface area contributed by atoms with E-state index in [2.05, 4.69) is 95.5 Å². The summed E-state index contributed by atoms with van der Waals surface area (Å²) in [7, 11) is 0. The Morgan fingerprint density at radius 3 is 2.46 bits per heavy atom. The Bertz CT molecular complexity index is 1340. The van der Waals surface area contributed by atoms with E-state index in [9.17, 15) is 0 Å². The van der Waals surface area contributed by atoms with Crippen molar-refractivity contribution in [2.45, 2.75) is 51.4 Å². The van der Waals surface area contributed by atoms with E-state index in [-0.39, 0.29) is 6.04 Å². The Kier molecular flexibility index (Phi) is 5.61. The van der Waals surface area contributed by atoms with Crippen LogP contribution in [0.2, 0.25) is 0 Å². The molecule has 0 unspecified atom stereocenters. The molecule has 6 nitrogen and oxygen atoms in total. The van der Waals surface area contributed by atoms with E-state index >= 15 is 0 Å². The zero-order valence-corrected chi connectivity index (χ0v) is 20.6. The zero-order chi connectivity index (χ0) is 23.9. The van der Waals surface area contributed by atoms with E-state index in [0.29, 0.717) is 18.1 Å². The first-order chi connectivity index (χ1) is 17.1. The smallest absolute Gasteiger partial charge is 0.162 e. The minimum Gasteiger partial charge on any atom is -0.364 e. The van der Waals surface area contributed by atoms with Gasteiger partial charge in [0.1, 0.15) is 11.6 Å². The van der Waals surface area contributed by atoms with Crippen LogP contribution in [0.15, 0.2) is 72.9 Å². The van der Waals surface area contributed by atoms with Gasteiger partial charge < -0.3 is 10.2 Å². The molecule has 2 fully saturated rings. The van der Waals surface area contributed by atoms with Crippen molar-refractivity contribution in [3.63, 3.8) is 0 Å². The van der Waals surface area contributed by atoms with E-state index < -0.39 is 0 Å². The van der Waals surface area contributed by atoms with Crippen LogP contribution in [0, 0.1) is 0 Å². The van der Waals surface area contributed by atoms with Gasteiger partial charge in [0.05, 0.1) is 5.52 Å². The fraction of sp³-hybridized carbons (Fsp3) is 0.345. The molecule has 1 N–H and O–H groups in total. The van der Waals surface area contributed by atoms with Crippen LogP contribution < -0.4 is 10.2 Å². The van der Waals surface area contributed by atoms with Gasteiger partial charge in [-0.1, -0.05) is 42.5 Å². The van der Waals surface area contributed by atoms with Gasteiger partial charge in [0.2, 0.25) is 0 Å². The van der Waals surface area contributed by atoms with E-state index in [1.165, 1.54) is 12.0 Å². The van der Waals surface area contributed by atoms with Gasteiger partial charge >= 0.3 is 0 Å². The van der Waals surface area contributed by atoms with Gasteiger partial charge in [-0.3, -0.25) is 4.90 Å². The number of piperazine rings is 1. The third kappa shape index (κ3) is 4.12. The van der Waals surface area contributed by atoms with Gasteiger partial charge in [0.15, 0.2) is 5.82 Å². The molecule has 2 bridgehead atoms. The van der Waals surface area contributed by atoms with Gasteiger partial charge in [0, 0.05) is 54.4 Å². The number of aromatic nitrogens is 3. The molecule has 0 radical (unpaired) electrons. The lowest BCUT2D eigenvalue weighted by atomic mass is 10.1. The highest BCUT2D eigenvalue weighted by atomic mass is 15.4. The zero-order valence-electron chi connectivity index (χ0n) is 20.6. The minimum atomic E-state index is 0.149. The van der Waals surface area contributed by atoms with E-state index in [1.54, 1.807) is 0 Å². The van der Waals surface area contributed by atoms with E-state index in [0.717, 1.165) is 47.0 Å². The summed E-state index contributed by atoms with van der Waals surface area (Å²) in [6, 6.07) is 24.7. The predicted octanol–water partition coefficient (Wildman–Crippen LogP) is 5.54. The van der Waals surface area contributed by atoms with Gasteiger partial charge in [-0.05, 0) is 57.0 Å². The lowest BCUT2D eigenvalue weighted by molar-refractivity contribution is 0.191. The normalized spacial score (nSPS) is 20.6.